The van der Waals surface area contributed by atoms with Gasteiger partial charge in [-0.1, -0.05) is 25.1 Å². The van der Waals surface area contributed by atoms with E-state index in [4.69, 9.17) is 0 Å². The topological polar surface area (TPSA) is 75.1 Å². The summed E-state index contributed by atoms with van der Waals surface area (Å²) in [4.78, 5) is 26.0. The number of rotatable bonds is 3. The second-order valence-electron chi connectivity index (χ2n) is 5.83. The summed E-state index contributed by atoms with van der Waals surface area (Å²) in [5.41, 5.74) is -1.75. The quantitative estimate of drug-likeness (QED) is 0.906. The molecule has 0 spiro atoms. The van der Waals surface area contributed by atoms with E-state index in [1.54, 1.807) is 6.07 Å². The van der Waals surface area contributed by atoms with Gasteiger partial charge in [-0.3, -0.25) is 14.3 Å². The van der Waals surface area contributed by atoms with Crippen LogP contribution in [-0.2, 0) is 6.54 Å². The van der Waals surface area contributed by atoms with Gasteiger partial charge in [-0.15, -0.1) is 0 Å². The molecule has 1 aliphatic rings. The summed E-state index contributed by atoms with van der Waals surface area (Å²) in [5.74, 6) is -1.11. The molecule has 3 rings (SSSR count). The van der Waals surface area contributed by atoms with Crippen LogP contribution in [-0.4, -0.2) is 14.7 Å². The molecule has 2 N–H and O–H groups in total. The lowest BCUT2D eigenvalue weighted by molar-refractivity contribution is 0.361. The van der Waals surface area contributed by atoms with Crippen LogP contribution < -0.4 is 11.2 Å². The molecule has 1 aliphatic carbocycles. The average Bonchev–Trinajstić information content (AvgIpc) is 3.15. The highest BCUT2D eigenvalue weighted by molar-refractivity contribution is 5.67. The molecule has 0 aliphatic heterocycles. The third-order valence-electron chi connectivity index (χ3n) is 3.96. The minimum atomic E-state index is -0.792. The Kier molecular flexibility index (Phi) is 2.97. The molecule has 0 radical (unpaired) electrons. The average molecular weight is 290 g/mol. The highest BCUT2D eigenvalue weighted by Gasteiger charge is 2.38. The third-order valence-corrected chi connectivity index (χ3v) is 3.96. The van der Waals surface area contributed by atoms with Crippen LogP contribution in [0.4, 0.5) is 4.39 Å². The summed E-state index contributed by atoms with van der Waals surface area (Å²) in [6, 6.07) is 5.65. The minimum Gasteiger partial charge on any atom is -0.494 e. The van der Waals surface area contributed by atoms with Gasteiger partial charge in [0.1, 0.15) is 11.4 Å². The van der Waals surface area contributed by atoms with E-state index in [9.17, 15) is 19.1 Å². The second-order valence-corrected chi connectivity index (χ2v) is 5.83. The Bertz CT molecular complexity index is 818. The molecule has 1 aromatic heterocycles. The number of aromatic amines is 1. The third kappa shape index (κ3) is 2.37. The molecule has 110 valence electrons. The van der Waals surface area contributed by atoms with Crippen molar-refractivity contribution in [2.45, 2.75) is 26.3 Å². The number of aromatic hydroxyl groups is 1. The molecule has 1 heterocycles. The Morgan fingerprint density at radius 1 is 1.33 bits per heavy atom. The Morgan fingerprint density at radius 2 is 2.00 bits per heavy atom. The zero-order valence-corrected chi connectivity index (χ0v) is 11.5. The molecule has 0 amide bonds. The van der Waals surface area contributed by atoms with Gasteiger partial charge in [0, 0.05) is 12.1 Å². The normalized spacial score (nSPS) is 15.9. The molecule has 21 heavy (non-hydrogen) atoms. The van der Waals surface area contributed by atoms with Crippen LogP contribution in [0.1, 0.15) is 19.8 Å². The van der Waals surface area contributed by atoms with Crippen molar-refractivity contribution in [2.75, 3.05) is 0 Å². The summed E-state index contributed by atoms with van der Waals surface area (Å²) in [5, 5.41) is 10.3. The lowest BCUT2D eigenvalue weighted by atomic mass is 10.1. The standard InChI is InChI=1S/C15H15FN2O3/c1-15(6-7-15)8-18-13(20)11(12(19)17-14(18)21)9-4-2-3-5-10(9)16/h2-5,20H,6-8H2,1H3,(H,17,19,21). The van der Waals surface area contributed by atoms with Crippen molar-refractivity contribution in [3.63, 3.8) is 0 Å². The maximum atomic E-state index is 13.9. The molecule has 0 bridgehead atoms. The largest absolute Gasteiger partial charge is 0.494 e. The van der Waals surface area contributed by atoms with Gasteiger partial charge in [-0.2, -0.15) is 0 Å². The predicted octanol–water partition coefficient (Wildman–Crippen LogP) is 1.85. The van der Waals surface area contributed by atoms with Crippen LogP contribution in [0.5, 0.6) is 5.88 Å². The van der Waals surface area contributed by atoms with Crippen LogP contribution in [0, 0.1) is 11.2 Å². The number of hydrogen-bond acceptors (Lipinski definition) is 3. The number of nitrogens with one attached hydrogen (secondary N) is 1. The molecular formula is C15H15FN2O3. The number of hydrogen-bond donors (Lipinski definition) is 2. The molecule has 0 saturated heterocycles. The van der Waals surface area contributed by atoms with Crippen molar-refractivity contribution in [2.24, 2.45) is 5.41 Å². The lowest BCUT2D eigenvalue weighted by Crippen LogP contribution is -2.32. The van der Waals surface area contributed by atoms with E-state index in [2.05, 4.69) is 4.98 Å². The van der Waals surface area contributed by atoms with Crippen molar-refractivity contribution in [3.8, 4) is 17.0 Å². The second kappa shape index (κ2) is 4.58. The SMILES string of the molecule is CC1(Cn2c(O)c(-c3ccccc3F)c(=O)[nH]c2=O)CC1. The van der Waals surface area contributed by atoms with E-state index in [1.807, 2.05) is 6.92 Å². The number of benzene rings is 1. The molecule has 1 aromatic carbocycles. The van der Waals surface area contributed by atoms with Gasteiger partial charge in [0.25, 0.3) is 5.56 Å². The van der Waals surface area contributed by atoms with Gasteiger partial charge in [0.05, 0.1) is 0 Å². The molecule has 5 nitrogen and oxygen atoms in total. The van der Waals surface area contributed by atoms with Gasteiger partial charge < -0.3 is 5.11 Å². The van der Waals surface area contributed by atoms with Gasteiger partial charge in [0.2, 0.25) is 5.88 Å². The zero-order chi connectivity index (χ0) is 15.2. The fourth-order valence-corrected chi connectivity index (χ4v) is 2.37. The van der Waals surface area contributed by atoms with Gasteiger partial charge in [0.15, 0.2) is 0 Å². The lowest BCUT2D eigenvalue weighted by Gasteiger charge is -2.15. The van der Waals surface area contributed by atoms with Crippen LogP contribution in [0.2, 0.25) is 0 Å². The molecule has 0 unspecified atom stereocenters. The van der Waals surface area contributed by atoms with Crippen molar-refractivity contribution in [1.82, 2.24) is 9.55 Å². The number of nitrogens with zero attached hydrogens (tertiary/aromatic N) is 1. The molecule has 2 aromatic rings. The smallest absolute Gasteiger partial charge is 0.331 e. The summed E-state index contributed by atoms with van der Waals surface area (Å²) in [6.45, 7) is 2.29. The van der Waals surface area contributed by atoms with E-state index in [-0.39, 0.29) is 16.5 Å². The van der Waals surface area contributed by atoms with Crippen LogP contribution in [0.15, 0.2) is 33.9 Å². The fourth-order valence-electron chi connectivity index (χ4n) is 2.37. The van der Waals surface area contributed by atoms with E-state index < -0.39 is 22.9 Å². The maximum absolute atomic E-state index is 13.9. The minimum absolute atomic E-state index is 0.0223. The number of halogens is 1. The monoisotopic (exact) mass is 290 g/mol. The molecular weight excluding hydrogens is 275 g/mol. The molecule has 1 saturated carbocycles. The van der Waals surface area contributed by atoms with Gasteiger partial charge >= 0.3 is 5.69 Å². The van der Waals surface area contributed by atoms with E-state index in [1.165, 1.54) is 18.2 Å². The summed E-state index contributed by atoms with van der Waals surface area (Å²) >= 11 is 0. The molecule has 6 heteroatoms. The van der Waals surface area contributed by atoms with E-state index in [0.29, 0.717) is 6.54 Å². The Balaban J connectivity index is 2.22. The molecule has 1 fully saturated rings. The highest BCUT2D eigenvalue weighted by atomic mass is 19.1. The fraction of sp³-hybridized carbons (Fsp3) is 0.333. The highest BCUT2D eigenvalue weighted by Crippen LogP contribution is 2.46. The predicted molar refractivity (Wildman–Crippen MR) is 75.7 cm³/mol. The van der Waals surface area contributed by atoms with Crippen molar-refractivity contribution >= 4 is 0 Å². The molecule has 0 atom stereocenters. The summed E-state index contributed by atoms with van der Waals surface area (Å²) in [7, 11) is 0. The maximum Gasteiger partial charge on any atom is 0.331 e. The van der Waals surface area contributed by atoms with Crippen LogP contribution in [0.3, 0.4) is 0 Å². The Labute approximate surface area is 119 Å². The Morgan fingerprint density at radius 3 is 2.62 bits per heavy atom. The van der Waals surface area contributed by atoms with E-state index >= 15 is 0 Å². The van der Waals surface area contributed by atoms with Crippen molar-refractivity contribution in [1.29, 1.82) is 0 Å². The number of aromatic nitrogens is 2. The van der Waals surface area contributed by atoms with Crippen molar-refractivity contribution < 1.29 is 9.50 Å². The first-order chi connectivity index (χ1) is 9.91. The Hall–Kier alpha value is -2.37. The first-order valence-corrected chi connectivity index (χ1v) is 6.72. The first kappa shape index (κ1) is 13.6. The first-order valence-electron chi connectivity index (χ1n) is 6.72. The zero-order valence-electron chi connectivity index (χ0n) is 11.5. The summed E-state index contributed by atoms with van der Waals surface area (Å²) in [6.07, 6.45) is 1.90. The van der Waals surface area contributed by atoms with Gasteiger partial charge in [-0.25, -0.2) is 9.18 Å². The van der Waals surface area contributed by atoms with E-state index in [0.717, 1.165) is 17.4 Å². The number of H-pyrrole nitrogens is 1. The van der Waals surface area contributed by atoms with Crippen molar-refractivity contribution in [3.05, 3.63) is 50.9 Å². The van der Waals surface area contributed by atoms with Crippen LogP contribution in [0.25, 0.3) is 11.1 Å². The van der Waals surface area contributed by atoms with Gasteiger partial charge in [-0.05, 0) is 24.3 Å². The van der Waals surface area contributed by atoms with Crippen LogP contribution >= 0.6 is 0 Å². The summed E-state index contributed by atoms with van der Waals surface area (Å²) < 4.78 is 15.0.